The van der Waals surface area contributed by atoms with Crippen LogP contribution in [0.3, 0.4) is 0 Å². The first kappa shape index (κ1) is 15.1. The molecule has 7 heteroatoms. The molecule has 0 aromatic carbocycles. The number of nitrogens with zero attached hydrogens (tertiary/aromatic N) is 1. The molecular weight excluding hydrogens is 264 g/mol. The van der Waals surface area contributed by atoms with E-state index in [1.807, 2.05) is 13.8 Å². The number of morpholine rings is 1. The molecule has 0 aliphatic carbocycles. The van der Waals surface area contributed by atoms with Crippen LogP contribution in [0.2, 0.25) is 0 Å². The van der Waals surface area contributed by atoms with Crippen molar-refractivity contribution in [1.29, 1.82) is 0 Å². The van der Waals surface area contributed by atoms with Gasteiger partial charge in [-0.25, -0.2) is 9.59 Å². The number of carbonyl (C=O) groups excluding carboxylic acids is 1. The lowest BCUT2D eigenvalue weighted by Gasteiger charge is -2.41. The van der Waals surface area contributed by atoms with Crippen LogP contribution in [-0.4, -0.2) is 66.1 Å². The van der Waals surface area contributed by atoms with Crippen molar-refractivity contribution in [2.75, 3.05) is 32.9 Å². The summed E-state index contributed by atoms with van der Waals surface area (Å²) < 4.78 is 10.7. The normalized spacial score (nSPS) is 25.0. The molecule has 0 radical (unpaired) electrons. The third-order valence-electron chi connectivity index (χ3n) is 3.81. The third-order valence-corrected chi connectivity index (χ3v) is 3.81. The van der Waals surface area contributed by atoms with Crippen LogP contribution in [-0.2, 0) is 14.3 Å². The molecule has 0 aromatic heterocycles. The second-order valence-corrected chi connectivity index (χ2v) is 5.96. The van der Waals surface area contributed by atoms with Crippen LogP contribution in [0, 0.1) is 0 Å². The highest BCUT2D eigenvalue weighted by Gasteiger charge is 2.43. The highest BCUT2D eigenvalue weighted by Crippen LogP contribution is 2.23. The summed E-state index contributed by atoms with van der Waals surface area (Å²) in [6.45, 7) is 5.90. The number of carboxylic acid groups (broad SMARTS) is 1. The minimum absolute atomic E-state index is 0.293. The molecule has 0 bridgehead atoms. The summed E-state index contributed by atoms with van der Waals surface area (Å²) >= 11 is 0. The van der Waals surface area contributed by atoms with Crippen molar-refractivity contribution in [3.05, 3.63) is 0 Å². The molecule has 2 fully saturated rings. The lowest BCUT2D eigenvalue weighted by atomic mass is 9.90. The van der Waals surface area contributed by atoms with Gasteiger partial charge in [0.25, 0.3) is 0 Å². The quantitative estimate of drug-likeness (QED) is 0.769. The molecule has 0 spiro atoms. The van der Waals surface area contributed by atoms with Crippen LogP contribution < -0.4 is 5.32 Å². The molecule has 0 saturated carbocycles. The number of ether oxygens (including phenoxy) is 2. The molecule has 0 unspecified atom stereocenters. The van der Waals surface area contributed by atoms with Gasteiger partial charge in [-0.1, -0.05) is 0 Å². The first-order valence-corrected chi connectivity index (χ1v) is 6.87. The molecule has 2 aliphatic heterocycles. The van der Waals surface area contributed by atoms with Gasteiger partial charge >= 0.3 is 12.0 Å². The SMILES string of the molecule is CC1(C)CN(C(=O)NC2(C(=O)O)CCOCC2)CCO1. The average molecular weight is 286 g/mol. The number of urea groups is 1. The second-order valence-electron chi connectivity index (χ2n) is 5.96. The summed E-state index contributed by atoms with van der Waals surface area (Å²) in [7, 11) is 0. The first-order chi connectivity index (χ1) is 9.35. The van der Waals surface area contributed by atoms with Gasteiger partial charge in [-0.3, -0.25) is 0 Å². The van der Waals surface area contributed by atoms with Crippen molar-refractivity contribution in [2.24, 2.45) is 0 Å². The van der Waals surface area contributed by atoms with Gasteiger partial charge in [0.2, 0.25) is 0 Å². The Kier molecular flexibility index (Phi) is 4.19. The number of nitrogens with one attached hydrogen (secondary N) is 1. The maximum atomic E-state index is 12.3. The van der Waals surface area contributed by atoms with E-state index in [0.717, 1.165) is 0 Å². The molecule has 2 heterocycles. The van der Waals surface area contributed by atoms with E-state index in [1.165, 1.54) is 0 Å². The van der Waals surface area contributed by atoms with Crippen LogP contribution in [0.1, 0.15) is 26.7 Å². The van der Waals surface area contributed by atoms with Gasteiger partial charge in [0.05, 0.1) is 18.8 Å². The molecule has 2 amide bonds. The third kappa shape index (κ3) is 3.21. The Morgan fingerprint density at radius 2 is 1.85 bits per heavy atom. The van der Waals surface area contributed by atoms with Crippen molar-refractivity contribution in [1.82, 2.24) is 10.2 Å². The summed E-state index contributed by atoms with van der Waals surface area (Å²) in [6.07, 6.45) is 0.587. The highest BCUT2D eigenvalue weighted by atomic mass is 16.5. The summed E-state index contributed by atoms with van der Waals surface area (Å²) in [5, 5.41) is 12.1. The number of carbonyl (C=O) groups is 2. The molecule has 2 aliphatic rings. The van der Waals surface area contributed by atoms with Crippen LogP contribution in [0.5, 0.6) is 0 Å². The molecular formula is C13H22N2O5. The zero-order chi connectivity index (χ0) is 14.8. The van der Waals surface area contributed by atoms with Crippen molar-refractivity contribution in [3.8, 4) is 0 Å². The Hall–Kier alpha value is -1.34. The van der Waals surface area contributed by atoms with Gasteiger partial charge < -0.3 is 24.8 Å². The fraction of sp³-hybridized carbons (Fsp3) is 0.846. The Morgan fingerprint density at radius 3 is 2.40 bits per heavy atom. The molecule has 7 nitrogen and oxygen atoms in total. The Bertz CT molecular complexity index is 390. The van der Waals surface area contributed by atoms with Gasteiger partial charge in [-0.15, -0.1) is 0 Å². The largest absolute Gasteiger partial charge is 0.480 e. The van der Waals surface area contributed by atoms with Crippen LogP contribution >= 0.6 is 0 Å². The monoisotopic (exact) mass is 286 g/mol. The number of carboxylic acids is 1. The minimum Gasteiger partial charge on any atom is -0.480 e. The van der Waals surface area contributed by atoms with E-state index in [4.69, 9.17) is 9.47 Å². The summed E-state index contributed by atoms with van der Waals surface area (Å²) in [6, 6.07) is -0.342. The van der Waals surface area contributed by atoms with Crippen molar-refractivity contribution < 1.29 is 24.2 Å². The van der Waals surface area contributed by atoms with Gasteiger partial charge in [0.1, 0.15) is 5.54 Å². The fourth-order valence-corrected chi connectivity index (χ4v) is 2.59. The number of hydrogen-bond donors (Lipinski definition) is 2. The zero-order valence-corrected chi connectivity index (χ0v) is 12.0. The molecule has 0 atom stereocenters. The van der Waals surface area contributed by atoms with E-state index in [9.17, 15) is 14.7 Å². The molecule has 20 heavy (non-hydrogen) atoms. The lowest BCUT2D eigenvalue weighted by Crippen LogP contribution is -2.62. The van der Waals surface area contributed by atoms with Crippen molar-refractivity contribution in [2.45, 2.75) is 37.8 Å². The predicted molar refractivity (Wildman–Crippen MR) is 70.6 cm³/mol. The van der Waals surface area contributed by atoms with Gasteiger partial charge in [0, 0.05) is 32.6 Å². The molecule has 114 valence electrons. The smallest absolute Gasteiger partial charge is 0.329 e. The fourth-order valence-electron chi connectivity index (χ4n) is 2.59. The zero-order valence-electron chi connectivity index (χ0n) is 12.0. The molecule has 2 rings (SSSR count). The summed E-state index contributed by atoms with van der Waals surface area (Å²) in [5.41, 5.74) is -1.61. The first-order valence-electron chi connectivity index (χ1n) is 6.87. The Labute approximate surface area is 118 Å². The van der Waals surface area contributed by atoms with Crippen molar-refractivity contribution in [3.63, 3.8) is 0 Å². The highest BCUT2D eigenvalue weighted by molar-refractivity contribution is 5.86. The van der Waals surface area contributed by atoms with Gasteiger partial charge in [-0.05, 0) is 13.8 Å². The van der Waals surface area contributed by atoms with Crippen molar-refractivity contribution >= 4 is 12.0 Å². The van der Waals surface area contributed by atoms with Crippen LogP contribution in [0.15, 0.2) is 0 Å². The summed E-state index contributed by atoms with van der Waals surface area (Å²) in [5.74, 6) is -0.998. The van der Waals surface area contributed by atoms with Gasteiger partial charge in [0.15, 0.2) is 0 Å². The topological polar surface area (TPSA) is 88.1 Å². The number of rotatable bonds is 2. The van der Waals surface area contributed by atoms with Crippen LogP contribution in [0.25, 0.3) is 0 Å². The van der Waals surface area contributed by atoms with Gasteiger partial charge in [-0.2, -0.15) is 0 Å². The maximum Gasteiger partial charge on any atom is 0.329 e. The predicted octanol–water partition coefficient (Wildman–Crippen LogP) is 0.441. The second kappa shape index (κ2) is 5.57. The molecule has 0 aromatic rings. The summed E-state index contributed by atoms with van der Waals surface area (Å²) in [4.78, 5) is 25.4. The van der Waals surface area contributed by atoms with E-state index >= 15 is 0 Å². The maximum absolute atomic E-state index is 12.3. The molecule has 2 N–H and O–H groups in total. The lowest BCUT2D eigenvalue weighted by molar-refractivity contribution is -0.148. The van der Waals surface area contributed by atoms with E-state index in [0.29, 0.717) is 45.8 Å². The van der Waals surface area contributed by atoms with Crippen LogP contribution in [0.4, 0.5) is 4.79 Å². The molecule has 2 saturated heterocycles. The number of hydrogen-bond acceptors (Lipinski definition) is 4. The number of aliphatic carboxylic acids is 1. The average Bonchev–Trinajstić information content (AvgIpc) is 2.38. The standard InChI is InChI=1S/C13H22N2O5/c1-12(2)9-15(5-8-20-12)11(18)14-13(10(16)17)3-6-19-7-4-13/h3-9H2,1-2H3,(H,14,18)(H,16,17). The Morgan fingerprint density at radius 1 is 1.20 bits per heavy atom. The van der Waals surface area contributed by atoms with E-state index in [-0.39, 0.29) is 6.03 Å². The van der Waals surface area contributed by atoms with E-state index < -0.39 is 17.1 Å². The minimum atomic E-state index is -1.21. The van der Waals surface area contributed by atoms with E-state index in [2.05, 4.69) is 5.32 Å². The number of amides is 2. The Balaban J connectivity index is 2.03. The van der Waals surface area contributed by atoms with E-state index in [1.54, 1.807) is 4.90 Å².